The summed E-state index contributed by atoms with van der Waals surface area (Å²) in [6.45, 7) is 3.21. The molecule has 5 heteroatoms. The summed E-state index contributed by atoms with van der Waals surface area (Å²) in [6, 6.07) is 7.85. The monoisotopic (exact) mass is 228 g/mol. The molecule has 0 amide bonds. The lowest BCUT2D eigenvalue weighted by Gasteiger charge is -2.13. The van der Waals surface area contributed by atoms with E-state index in [0.29, 0.717) is 0 Å². The van der Waals surface area contributed by atoms with Gasteiger partial charge in [-0.2, -0.15) is 0 Å². The van der Waals surface area contributed by atoms with Gasteiger partial charge in [-0.3, -0.25) is 4.79 Å². The standard InChI is InChI=1S/C10H13O4P/c1-8(2)10(11)14-15(12,13)9-6-4-3-5-7-9/h3-8H,1-2H3,(H,12,13). The predicted molar refractivity (Wildman–Crippen MR) is 56.8 cm³/mol. The molecule has 0 aliphatic rings. The molecule has 0 aliphatic carbocycles. The molecular weight excluding hydrogens is 215 g/mol. The maximum atomic E-state index is 11.6. The van der Waals surface area contributed by atoms with Crippen LogP contribution in [0.4, 0.5) is 0 Å². The average Bonchev–Trinajstić information content (AvgIpc) is 2.18. The fourth-order valence-corrected chi connectivity index (χ4v) is 2.01. The van der Waals surface area contributed by atoms with Crippen molar-refractivity contribution in [2.24, 2.45) is 5.92 Å². The Morgan fingerprint density at radius 3 is 2.33 bits per heavy atom. The molecule has 0 saturated carbocycles. The van der Waals surface area contributed by atoms with Gasteiger partial charge in [-0.25, -0.2) is 4.57 Å². The third-order valence-corrected chi connectivity index (χ3v) is 3.15. The Hall–Kier alpha value is -1.12. The van der Waals surface area contributed by atoms with Gasteiger partial charge in [0, 0.05) is 0 Å². The lowest BCUT2D eigenvalue weighted by Crippen LogP contribution is -2.15. The van der Waals surface area contributed by atoms with Gasteiger partial charge in [0.15, 0.2) is 0 Å². The minimum absolute atomic E-state index is 0.124. The molecule has 1 aromatic carbocycles. The largest absolute Gasteiger partial charge is 0.410 e. The van der Waals surface area contributed by atoms with Crippen LogP contribution < -0.4 is 5.30 Å². The fourth-order valence-electron chi connectivity index (χ4n) is 0.896. The first-order valence-electron chi connectivity index (χ1n) is 4.55. The number of hydrogen-bond acceptors (Lipinski definition) is 3. The minimum atomic E-state index is -4.00. The zero-order valence-electron chi connectivity index (χ0n) is 8.58. The van der Waals surface area contributed by atoms with Crippen LogP contribution in [0.1, 0.15) is 13.8 Å². The Labute approximate surface area is 88.4 Å². The summed E-state index contributed by atoms with van der Waals surface area (Å²) in [5.74, 6) is -1.10. The Kier molecular flexibility index (Phi) is 3.66. The van der Waals surface area contributed by atoms with E-state index in [0.717, 1.165) is 0 Å². The van der Waals surface area contributed by atoms with E-state index in [4.69, 9.17) is 0 Å². The third-order valence-electron chi connectivity index (χ3n) is 1.77. The van der Waals surface area contributed by atoms with Gasteiger partial charge in [0.05, 0.1) is 11.2 Å². The molecule has 15 heavy (non-hydrogen) atoms. The Balaban J connectivity index is 2.86. The SMILES string of the molecule is CC(C)C(=O)OP(=O)(O)c1ccccc1. The van der Waals surface area contributed by atoms with Crippen LogP contribution in [0.5, 0.6) is 0 Å². The summed E-state index contributed by atoms with van der Waals surface area (Å²) in [5.41, 5.74) is 0. The maximum Gasteiger partial charge on any atom is 0.410 e. The second kappa shape index (κ2) is 4.60. The van der Waals surface area contributed by atoms with Gasteiger partial charge < -0.3 is 9.42 Å². The average molecular weight is 228 g/mol. The van der Waals surface area contributed by atoms with Crippen molar-refractivity contribution in [1.29, 1.82) is 0 Å². The molecule has 0 spiro atoms. The van der Waals surface area contributed by atoms with Gasteiger partial charge in [0.25, 0.3) is 0 Å². The number of carbonyl (C=O) groups is 1. The summed E-state index contributed by atoms with van der Waals surface area (Å²) >= 11 is 0. The number of rotatable bonds is 3. The lowest BCUT2D eigenvalue weighted by molar-refractivity contribution is -0.138. The van der Waals surface area contributed by atoms with Gasteiger partial charge in [-0.15, -0.1) is 0 Å². The zero-order valence-corrected chi connectivity index (χ0v) is 9.48. The summed E-state index contributed by atoms with van der Waals surface area (Å²) in [5, 5.41) is 0.124. The van der Waals surface area contributed by atoms with Crippen molar-refractivity contribution in [3.05, 3.63) is 30.3 Å². The molecule has 4 nitrogen and oxygen atoms in total. The Morgan fingerprint density at radius 2 is 1.87 bits per heavy atom. The van der Waals surface area contributed by atoms with Gasteiger partial charge >= 0.3 is 13.6 Å². The van der Waals surface area contributed by atoms with E-state index in [1.54, 1.807) is 32.0 Å². The van der Waals surface area contributed by atoms with Crippen LogP contribution in [0.25, 0.3) is 0 Å². The van der Waals surface area contributed by atoms with Crippen molar-refractivity contribution >= 4 is 18.9 Å². The van der Waals surface area contributed by atoms with Gasteiger partial charge in [-0.1, -0.05) is 32.0 Å². The molecule has 0 heterocycles. The van der Waals surface area contributed by atoms with E-state index >= 15 is 0 Å². The van der Waals surface area contributed by atoms with E-state index < -0.39 is 19.5 Å². The first-order valence-corrected chi connectivity index (χ1v) is 6.13. The molecule has 82 valence electrons. The van der Waals surface area contributed by atoms with Crippen molar-refractivity contribution in [2.75, 3.05) is 0 Å². The third kappa shape index (κ3) is 3.18. The first kappa shape index (κ1) is 12.0. The number of benzene rings is 1. The molecule has 0 saturated heterocycles. The molecule has 0 fully saturated rings. The molecule has 1 rings (SSSR count). The van der Waals surface area contributed by atoms with E-state index in [1.807, 2.05) is 0 Å². The summed E-state index contributed by atoms with van der Waals surface area (Å²) in [4.78, 5) is 20.7. The van der Waals surface area contributed by atoms with Crippen molar-refractivity contribution in [1.82, 2.24) is 0 Å². The van der Waals surface area contributed by atoms with Crippen LogP contribution in [-0.2, 0) is 13.9 Å². The highest BCUT2D eigenvalue weighted by atomic mass is 31.2. The summed E-state index contributed by atoms with van der Waals surface area (Å²) in [7, 11) is -4.00. The molecule has 1 N–H and O–H groups in total. The second-order valence-corrected chi connectivity index (χ2v) is 5.16. The predicted octanol–water partition coefficient (Wildman–Crippen LogP) is 1.70. The Morgan fingerprint density at radius 1 is 1.33 bits per heavy atom. The van der Waals surface area contributed by atoms with E-state index in [9.17, 15) is 14.3 Å². The van der Waals surface area contributed by atoms with Crippen LogP contribution in [0, 0.1) is 5.92 Å². The van der Waals surface area contributed by atoms with E-state index in [-0.39, 0.29) is 5.30 Å². The molecule has 0 aromatic heterocycles. The zero-order chi connectivity index (χ0) is 11.5. The van der Waals surface area contributed by atoms with Gasteiger partial charge in [-0.05, 0) is 12.1 Å². The van der Waals surface area contributed by atoms with Crippen molar-refractivity contribution in [2.45, 2.75) is 13.8 Å². The molecule has 1 aromatic rings. The smallest absolute Gasteiger partial charge is 0.388 e. The van der Waals surface area contributed by atoms with Crippen molar-refractivity contribution < 1.29 is 18.8 Å². The fraction of sp³-hybridized carbons (Fsp3) is 0.300. The number of hydrogen-bond donors (Lipinski definition) is 1. The van der Waals surface area contributed by atoms with E-state index in [2.05, 4.69) is 4.52 Å². The summed E-state index contributed by atoms with van der Waals surface area (Å²) in [6.07, 6.45) is 0. The molecule has 0 bridgehead atoms. The van der Waals surface area contributed by atoms with Crippen LogP contribution >= 0.6 is 7.60 Å². The van der Waals surface area contributed by atoms with Crippen LogP contribution in [-0.4, -0.2) is 10.9 Å². The van der Waals surface area contributed by atoms with Crippen LogP contribution in [0.2, 0.25) is 0 Å². The van der Waals surface area contributed by atoms with Gasteiger partial charge in [0.1, 0.15) is 0 Å². The minimum Gasteiger partial charge on any atom is -0.388 e. The maximum absolute atomic E-state index is 11.6. The highest BCUT2D eigenvalue weighted by molar-refractivity contribution is 7.61. The van der Waals surface area contributed by atoms with Gasteiger partial charge in [0.2, 0.25) is 0 Å². The molecular formula is C10H13O4P. The first-order chi connectivity index (χ1) is 6.93. The highest BCUT2D eigenvalue weighted by Crippen LogP contribution is 2.41. The topological polar surface area (TPSA) is 63.6 Å². The molecule has 1 unspecified atom stereocenters. The summed E-state index contributed by atoms with van der Waals surface area (Å²) < 4.78 is 16.2. The quantitative estimate of drug-likeness (QED) is 0.799. The van der Waals surface area contributed by atoms with Crippen LogP contribution in [0.3, 0.4) is 0 Å². The molecule has 0 aliphatic heterocycles. The van der Waals surface area contributed by atoms with Crippen molar-refractivity contribution in [3.63, 3.8) is 0 Å². The molecule has 1 atom stereocenters. The van der Waals surface area contributed by atoms with E-state index in [1.165, 1.54) is 12.1 Å². The Bertz CT molecular complexity index is 386. The highest BCUT2D eigenvalue weighted by Gasteiger charge is 2.27. The normalized spacial score (nSPS) is 14.7. The lowest BCUT2D eigenvalue weighted by atomic mass is 10.2. The van der Waals surface area contributed by atoms with Crippen molar-refractivity contribution in [3.8, 4) is 0 Å². The van der Waals surface area contributed by atoms with Crippen LogP contribution in [0.15, 0.2) is 30.3 Å². The number of carbonyl (C=O) groups excluding carboxylic acids is 1. The molecule has 0 radical (unpaired) electrons. The second-order valence-electron chi connectivity index (χ2n) is 3.42.